The van der Waals surface area contributed by atoms with Gasteiger partial charge in [0.1, 0.15) is 12.7 Å². The number of rotatable bonds is 3. The summed E-state index contributed by atoms with van der Waals surface area (Å²) in [5, 5.41) is 0. The molecule has 0 fully saturated rings. The summed E-state index contributed by atoms with van der Waals surface area (Å²) in [4.78, 5) is 14.0. The lowest BCUT2D eigenvalue weighted by Gasteiger charge is -2.16. The fraction of sp³-hybridized carbons (Fsp3) is 0.0625. The molecular formula is C16H14N4. The Labute approximate surface area is 117 Å². The molecule has 4 heteroatoms. The highest BCUT2D eigenvalue weighted by atomic mass is 15.2. The SMILES string of the molecule is CN(c1ccc(-c2ccccc2)cc1)c1ncncn1. The summed E-state index contributed by atoms with van der Waals surface area (Å²) in [6.07, 6.45) is 2.99. The number of hydrogen-bond donors (Lipinski definition) is 0. The number of benzene rings is 2. The Balaban J connectivity index is 1.87. The first-order valence-corrected chi connectivity index (χ1v) is 6.36. The van der Waals surface area contributed by atoms with Gasteiger partial charge in [0.15, 0.2) is 0 Å². The summed E-state index contributed by atoms with van der Waals surface area (Å²) in [5.74, 6) is 0.632. The maximum Gasteiger partial charge on any atom is 0.232 e. The van der Waals surface area contributed by atoms with E-state index in [9.17, 15) is 0 Å². The third-order valence-electron chi connectivity index (χ3n) is 3.14. The maximum atomic E-state index is 4.14. The van der Waals surface area contributed by atoms with Crippen molar-refractivity contribution in [3.05, 3.63) is 67.3 Å². The molecule has 4 nitrogen and oxygen atoms in total. The van der Waals surface area contributed by atoms with Crippen molar-refractivity contribution in [2.24, 2.45) is 0 Å². The molecule has 0 unspecified atom stereocenters. The first-order chi connectivity index (χ1) is 9.84. The summed E-state index contributed by atoms with van der Waals surface area (Å²) in [7, 11) is 1.94. The number of anilines is 2. The Morgan fingerprint density at radius 3 is 2.00 bits per heavy atom. The highest BCUT2D eigenvalue weighted by molar-refractivity contribution is 5.67. The summed E-state index contributed by atoms with van der Waals surface area (Å²) >= 11 is 0. The molecule has 0 aliphatic rings. The number of aromatic nitrogens is 3. The molecule has 20 heavy (non-hydrogen) atoms. The molecule has 3 aromatic rings. The van der Waals surface area contributed by atoms with Gasteiger partial charge in [-0.25, -0.2) is 15.0 Å². The monoisotopic (exact) mass is 262 g/mol. The summed E-state index contributed by atoms with van der Waals surface area (Å²) in [5.41, 5.74) is 3.44. The Kier molecular flexibility index (Phi) is 3.37. The van der Waals surface area contributed by atoms with E-state index in [1.807, 2.05) is 30.1 Å². The van der Waals surface area contributed by atoms with Gasteiger partial charge in [0, 0.05) is 12.7 Å². The zero-order chi connectivity index (χ0) is 13.8. The second-order valence-corrected chi connectivity index (χ2v) is 4.41. The minimum atomic E-state index is 0.632. The topological polar surface area (TPSA) is 41.9 Å². The van der Waals surface area contributed by atoms with E-state index in [0.717, 1.165) is 5.69 Å². The Hall–Kier alpha value is -2.75. The molecule has 0 spiro atoms. The van der Waals surface area contributed by atoms with Gasteiger partial charge in [-0.1, -0.05) is 42.5 Å². The van der Waals surface area contributed by atoms with Crippen LogP contribution >= 0.6 is 0 Å². The van der Waals surface area contributed by atoms with E-state index in [0.29, 0.717) is 5.95 Å². The fourth-order valence-corrected chi connectivity index (χ4v) is 2.03. The minimum Gasteiger partial charge on any atom is -0.314 e. The van der Waals surface area contributed by atoms with Crippen LogP contribution in [-0.2, 0) is 0 Å². The van der Waals surface area contributed by atoms with E-state index >= 15 is 0 Å². The Morgan fingerprint density at radius 1 is 0.750 bits per heavy atom. The molecule has 0 atom stereocenters. The summed E-state index contributed by atoms with van der Waals surface area (Å²) in [6.45, 7) is 0. The summed E-state index contributed by atoms with van der Waals surface area (Å²) < 4.78 is 0. The minimum absolute atomic E-state index is 0.632. The second kappa shape index (κ2) is 5.48. The van der Waals surface area contributed by atoms with Gasteiger partial charge in [0.25, 0.3) is 0 Å². The molecule has 3 rings (SSSR count). The van der Waals surface area contributed by atoms with Crippen molar-refractivity contribution in [2.75, 3.05) is 11.9 Å². The van der Waals surface area contributed by atoms with Crippen molar-refractivity contribution in [1.29, 1.82) is 0 Å². The van der Waals surface area contributed by atoms with Crippen molar-refractivity contribution in [2.45, 2.75) is 0 Å². The van der Waals surface area contributed by atoms with E-state index in [1.165, 1.54) is 23.8 Å². The van der Waals surface area contributed by atoms with E-state index in [-0.39, 0.29) is 0 Å². The van der Waals surface area contributed by atoms with Gasteiger partial charge in [-0.3, -0.25) is 0 Å². The largest absolute Gasteiger partial charge is 0.314 e. The first-order valence-electron chi connectivity index (χ1n) is 6.36. The number of hydrogen-bond acceptors (Lipinski definition) is 4. The third kappa shape index (κ3) is 2.49. The van der Waals surface area contributed by atoms with Crippen LogP contribution in [0.2, 0.25) is 0 Å². The molecule has 0 N–H and O–H groups in total. The van der Waals surface area contributed by atoms with Crippen LogP contribution in [-0.4, -0.2) is 22.0 Å². The van der Waals surface area contributed by atoms with Crippen molar-refractivity contribution in [3.63, 3.8) is 0 Å². The average molecular weight is 262 g/mol. The van der Waals surface area contributed by atoms with E-state index in [4.69, 9.17) is 0 Å². The van der Waals surface area contributed by atoms with Gasteiger partial charge in [-0.05, 0) is 23.3 Å². The molecule has 0 saturated heterocycles. The summed E-state index contributed by atoms with van der Waals surface area (Å²) in [6, 6.07) is 18.6. The predicted octanol–water partition coefficient (Wildman–Crippen LogP) is 3.31. The van der Waals surface area contributed by atoms with E-state index < -0.39 is 0 Å². The quantitative estimate of drug-likeness (QED) is 0.726. The lowest BCUT2D eigenvalue weighted by atomic mass is 10.1. The molecular weight excluding hydrogens is 248 g/mol. The van der Waals surface area contributed by atoms with Crippen molar-refractivity contribution in [3.8, 4) is 11.1 Å². The lowest BCUT2D eigenvalue weighted by molar-refractivity contribution is 0.984. The van der Waals surface area contributed by atoms with Crippen LogP contribution in [0.1, 0.15) is 0 Å². The van der Waals surface area contributed by atoms with Crippen LogP contribution < -0.4 is 4.90 Å². The van der Waals surface area contributed by atoms with Gasteiger partial charge in [0.05, 0.1) is 0 Å². The Bertz CT molecular complexity index is 666. The van der Waals surface area contributed by atoms with Crippen LogP contribution in [0.15, 0.2) is 67.3 Å². The van der Waals surface area contributed by atoms with Gasteiger partial charge in [-0.2, -0.15) is 0 Å². The average Bonchev–Trinajstić information content (AvgIpc) is 2.56. The molecule has 1 heterocycles. The van der Waals surface area contributed by atoms with Crippen molar-refractivity contribution < 1.29 is 0 Å². The lowest BCUT2D eigenvalue weighted by Crippen LogP contribution is -2.12. The zero-order valence-corrected chi connectivity index (χ0v) is 11.1. The molecule has 2 aromatic carbocycles. The normalized spacial score (nSPS) is 10.2. The van der Waals surface area contributed by atoms with Crippen LogP contribution in [0.4, 0.5) is 11.6 Å². The standard InChI is InChI=1S/C16H14N4/c1-20(16-18-11-17-12-19-16)15-9-7-14(8-10-15)13-5-3-2-4-6-13/h2-12H,1H3. The highest BCUT2D eigenvalue weighted by Crippen LogP contribution is 2.24. The Morgan fingerprint density at radius 2 is 1.35 bits per heavy atom. The third-order valence-corrected chi connectivity index (χ3v) is 3.14. The molecule has 98 valence electrons. The van der Waals surface area contributed by atoms with Crippen LogP contribution in [0.25, 0.3) is 11.1 Å². The van der Waals surface area contributed by atoms with Crippen molar-refractivity contribution >= 4 is 11.6 Å². The molecule has 0 amide bonds. The van der Waals surface area contributed by atoms with Gasteiger partial charge >= 0.3 is 0 Å². The van der Waals surface area contributed by atoms with Crippen LogP contribution in [0.5, 0.6) is 0 Å². The molecule has 0 aliphatic carbocycles. The first kappa shape index (κ1) is 12.3. The predicted molar refractivity (Wildman–Crippen MR) is 79.8 cm³/mol. The van der Waals surface area contributed by atoms with Gasteiger partial charge in [-0.15, -0.1) is 0 Å². The molecule has 0 bridgehead atoms. The highest BCUT2D eigenvalue weighted by Gasteiger charge is 2.06. The van der Waals surface area contributed by atoms with Crippen LogP contribution in [0.3, 0.4) is 0 Å². The molecule has 0 saturated carbocycles. The smallest absolute Gasteiger partial charge is 0.232 e. The zero-order valence-electron chi connectivity index (χ0n) is 11.1. The van der Waals surface area contributed by atoms with Crippen molar-refractivity contribution in [1.82, 2.24) is 15.0 Å². The molecule has 0 aliphatic heterocycles. The van der Waals surface area contributed by atoms with Gasteiger partial charge in [0.2, 0.25) is 5.95 Å². The van der Waals surface area contributed by atoms with E-state index in [1.54, 1.807) is 0 Å². The second-order valence-electron chi connectivity index (χ2n) is 4.41. The van der Waals surface area contributed by atoms with Crippen LogP contribution in [0, 0.1) is 0 Å². The van der Waals surface area contributed by atoms with E-state index in [2.05, 4.69) is 51.4 Å². The fourth-order valence-electron chi connectivity index (χ4n) is 2.03. The number of nitrogens with zero attached hydrogens (tertiary/aromatic N) is 4. The molecule has 0 radical (unpaired) electrons. The van der Waals surface area contributed by atoms with Gasteiger partial charge < -0.3 is 4.90 Å². The molecule has 1 aromatic heterocycles. The maximum absolute atomic E-state index is 4.14.